The minimum atomic E-state index is -0.177. The summed E-state index contributed by atoms with van der Waals surface area (Å²) in [6.07, 6.45) is 0.801. The summed E-state index contributed by atoms with van der Waals surface area (Å²) in [5.74, 6) is 6.64. The molecule has 21 heavy (non-hydrogen) atoms. The minimum absolute atomic E-state index is 0.177. The Labute approximate surface area is 125 Å². The summed E-state index contributed by atoms with van der Waals surface area (Å²) in [5, 5.41) is 8.41. The lowest BCUT2D eigenvalue weighted by Gasteiger charge is -2.22. The molecule has 3 N–H and O–H groups in total. The van der Waals surface area contributed by atoms with E-state index in [1.807, 2.05) is 32.0 Å². The Hall–Kier alpha value is -1.98. The molecule has 0 radical (unpaired) electrons. The highest BCUT2D eigenvalue weighted by Gasteiger charge is 2.21. The van der Waals surface area contributed by atoms with Crippen LogP contribution in [0.3, 0.4) is 0 Å². The maximum atomic E-state index is 5.83. The minimum Gasteiger partial charge on any atom is -0.496 e. The lowest BCUT2D eigenvalue weighted by molar-refractivity contribution is 0.404. The first-order valence-corrected chi connectivity index (χ1v) is 7.04. The smallest absolute Gasteiger partial charge is 0.124 e. The molecule has 2 rings (SSSR count). The number of hydrogen-bond donors (Lipinski definition) is 2. The van der Waals surface area contributed by atoms with E-state index < -0.39 is 0 Å². The van der Waals surface area contributed by atoms with Crippen LogP contribution in [0, 0.1) is 13.8 Å². The molecule has 0 saturated heterocycles. The zero-order chi connectivity index (χ0) is 15.4. The molecule has 5 nitrogen and oxygen atoms in total. The van der Waals surface area contributed by atoms with Crippen LogP contribution in [0.2, 0.25) is 0 Å². The van der Waals surface area contributed by atoms with Gasteiger partial charge in [-0.1, -0.05) is 24.6 Å². The number of rotatable bonds is 5. The Kier molecular flexibility index (Phi) is 4.88. The van der Waals surface area contributed by atoms with Crippen LogP contribution in [-0.2, 0) is 6.42 Å². The fraction of sp³-hybridized carbons (Fsp3) is 0.375. The van der Waals surface area contributed by atoms with Gasteiger partial charge in [0.25, 0.3) is 0 Å². The number of hydrazine groups is 1. The van der Waals surface area contributed by atoms with E-state index in [1.165, 1.54) is 0 Å². The molecular formula is C16H22N4O. The highest BCUT2D eigenvalue weighted by atomic mass is 16.5. The van der Waals surface area contributed by atoms with Gasteiger partial charge in [0.2, 0.25) is 0 Å². The number of methoxy groups -OCH3 is 1. The van der Waals surface area contributed by atoms with Crippen molar-refractivity contribution >= 4 is 0 Å². The molecule has 0 aliphatic heterocycles. The van der Waals surface area contributed by atoms with E-state index in [1.54, 1.807) is 7.11 Å². The van der Waals surface area contributed by atoms with Crippen molar-refractivity contribution in [3.05, 3.63) is 52.3 Å². The molecule has 0 fully saturated rings. The van der Waals surface area contributed by atoms with Gasteiger partial charge in [0.1, 0.15) is 5.75 Å². The van der Waals surface area contributed by atoms with E-state index in [0.717, 1.165) is 40.2 Å². The molecule has 1 aromatic heterocycles. The van der Waals surface area contributed by atoms with E-state index in [9.17, 15) is 0 Å². The van der Waals surface area contributed by atoms with Crippen LogP contribution in [0.25, 0.3) is 0 Å². The van der Waals surface area contributed by atoms with E-state index in [4.69, 9.17) is 10.6 Å². The largest absolute Gasteiger partial charge is 0.496 e. The molecule has 2 aromatic rings. The van der Waals surface area contributed by atoms with Crippen molar-refractivity contribution in [3.63, 3.8) is 0 Å². The molecule has 0 aliphatic carbocycles. The number of nitrogens with one attached hydrogen (secondary N) is 1. The summed E-state index contributed by atoms with van der Waals surface area (Å²) in [7, 11) is 1.67. The van der Waals surface area contributed by atoms with Gasteiger partial charge in [-0.2, -0.15) is 10.2 Å². The van der Waals surface area contributed by atoms with Crippen molar-refractivity contribution in [3.8, 4) is 5.75 Å². The molecule has 0 saturated carbocycles. The van der Waals surface area contributed by atoms with Gasteiger partial charge in [0.05, 0.1) is 24.5 Å². The van der Waals surface area contributed by atoms with Crippen molar-refractivity contribution < 1.29 is 4.74 Å². The Balaban J connectivity index is 2.59. The lowest BCUT2D eigenvalue weighted by Crippen LogP contribution is -2.30. The van der Waals surface area contributed by atoms with Gasteiger partial charge in [-0.25, -0.2) is 5.43 Å². The number of aromatic nitrogens is 2. The van der Waals surface area contributed by atoms with Crippen LogP contribution in [-0.4, -0.2) is 17.3 Å². The Morgan fingerprint density at radius 2 is 1.95 bits per heavy atom. The van der Waals surface area contributed by atoms with Crippen LogP contribution in [0.15, 0.2) is 24.3 Å². The topological polar surface area (TPSA) is 73.1 Å². The first kappa shape index (κ1) is 15.4. The predicted octanol–water partition coefficient (Wildman–Crippen LogP) is 2.22. The second-order valence-electron chi connectivity index (χ2n) is 5.09. The lowest BCUT2D eigenvalue weighted by atomic mass is 9.95. The summed E-state index contributed by atoms with van der Waals surface area (Å²) < 4.78 is 5.48. The number of benzene rings is 1. The van der Waals surface area contributed by atoms with Gasteiger partial charge in [0.15, 0.2) is 0 Å². The van der Waals surface area contributed by atoms with E-state index >= 15 is 0 Å². The summed E-state index contributed by atoms with van der Waals surface area (Å²) >= 11 is 0. The SMILES string of the molecule is CCc1nnc(C)cc1C(NN)c1cc(C)ccc1OC. The van der Waals surface area contributed by atoms with Crippen molar-refractivity contribution in [1.82, 2.24) is 15.6 Å². The number of hydrogen-bond acceptors (Lipinski definition) is 5. The molecule has 112 valence electrons. The third-order valence-electron chi connectivity index (χ3n) is 3.53. The molecule has 0 bridgehead atoms. The fourth-order valence-corrected chi connectivity index (χ4v) is 2.49. The van der Waals surface area contributed by atoms with E-state index in [-0.39, 0.29) is 6.04 Å². The van der Waals surface area contributed by atoms with Crippen molar-refractivity contribution in [2.45, 2.75) is 33.2 Å². The maximum absolute atomic E-state index is 5.83. The van der Waals surface area contributed by atoms with Gasteiger partial charge in [-0.15, -0.1) is 0 Å². The Morgan fingerprint density at radius 1 is 1.19 bits per heavy atom. The van der Waals surface area contributed by atoms with Gasteiger partial charge in [-0.3, -0.25) is 5.84 Å². The van der Waals surface area contributed by atoms with Crippen LogP contribution >= 0.6 is 0 Å². The summed E-state index contributed by atoms with van der Waals surface area (Å²) in [6, 6.07) is 7.91. The van der Waals surface area contributed by atoms with Crippen LogP contribution in [0.5, 0.6) is 5.75 Å². The highest BCUT2D eigenvalue weighted by molar-refractivity contribution is 5.44. The predicted molar refractivity (Wildman–Crippen MR) is 83.0 cm³/mol. The molecule has 5 heteroatoms. The number of nitrogens with two attached hydrogens (primary N) is 1. The first-order chi connectivity index (χ1) is 10.1. The average Bonchev–Trinajstić information content (AvgIpc) is 2.48. The zero-order valence-corrected chi connectivity index (χ0v) is 13.0. The average molecular weight is 286 g/mol. The zero-order valence-electron chi connectivity index (χ0n) is 13.0. The molecule has 1 unspecified atom stereocenters. The number of ether oxygens (including phenoxy) is 1. The van der Waals surface area contributed by atoms with Crippen LogP contribution in [0.4, 0.5) is 0 Å². The van der Waals surface area contributed by atoms with Gasteiger partial charge in [-0.05, 0) is 32.4 Å². The third kappa shape index (κ3) is 3.20. The van der Waals surface area contributed by atoms with Crippen LogP contribution in [0.1, 0.15) is 41.0 Å². The Morgan fingerprint density at radius 3 is 2.57 bits per heavy atom. The number of nitrogens with zero attached hydrogens (tertiary/aromatic N) is 2. The quantitative estimate of drug-likeness (QED) is 0.651. The molecule has 0 amide bonds. The number of aryl methyl sites for hydroxylation is 3. The van der Waals surface area contributed by atoms with E-state index in [0.29, 0.717) is 0 Å². The standard InChI is InChI=1S/C16H22N4O/c1-5-14-12(9-11(3)19-20-14)16(18-17)13-8-10(2)6-7-15(13)21-4/h6-9,16,18H,5,17H2,1-4H3. The van der Waals surface area contributed by atoms with Crippen LogP contribution < -0.4 is 16.0 Å². The molecule has 1 aromatic carbocycles. The van der Waals surface area contributed by atoms with Crippen molar-refractivity contribution in [2.24, 2.45) is 5.84 Å². The Bertz CT molecular complexity index is 574. The van der Waals surface area contributed by atoms with E-state index in [2.05, 4.69) is 28.6 Å². The van der Waals surface area contributed by atoms with Gasteiger partial charge in [0, 0.05) is 11.1 Å². The first-order valence-electron chi connectivity index (χ1n) is 7.04. The molecule has 0 spiro atoms. The van der Waals surface area contributed by atoms with Gasteiger partial charge >= 0.3 is 0 Å². The third-order valence-corrected chi connectivity index (χ3v) is 3.53. The highest BCUT2D eigenvalue weighted by Crippen LogP contribution is 2.31. The normalized spacial score (nSPS) is 12.2. The molecular weight excluding hydrogens is 264 g/mol. The second kappa shape index (κ2) is 6.65. The van der Waals surface area contributed by atoms with Gasteiger partial charge < -0.3 is 4.74 Å². The fourth-order valence-electron chi connectivity index (χ4n) is 2.49. The molecule has 1 heterocycles. The monoisotopic (exact) mass is 286 g/mol. The second-order valence-corrected chi connectivity index (χ2v) is 5.09. The van der Waals surface area contributed by atoms with Crippen molar-refractivity contribution in [1.29, 1.82) is 0 Å². The summed E-state index contributed by atoms with van der Waals surface area (Å²) in [6.45, 7) is 6.04. The van der Waals surface area contributed by atoms with Crippen molar-refractivity contribution in [2.75, 3.05) is 7.11 Å². The summed E-state index contributed by atoms with van der Waals surface area (Å²) in [4.78, 5) is 0. The summed E-state index contributed by atoms with van der Waals surface area (Å²) in [5.41, 5.74) is 7.89. The molecule has 0 aliphatic rings. The molecule has 1 atom stereocenters. The maximum Gasteiger partial charge on any atom is 0.124 e.